The Balaban J connectivity index is 2.16. The quantitative estimate of drug-likeness (QED) is 0.818. The number of ketones is 1. The van der Waals surface area contributed by atoms with Crippen LogP contribution in [-0.2, 0) is 23.1 Å². The van der Waals surface area contributed by atoms with Crippen LogP contribution in [0.1, 0.15) is 27.3 Å². The van der Waals surface area contributed by atoms with Crippen molar-refractivity contribution in [2.75, 3.05) is 13.6 Å². The summed E-state index contributed by atoms with van der Waals surface area (Å²) < 4.78 is 1.68. The number of hydrogen-bond donors (Lipinski definition) is 1. The number of benzene rings is 1. The predicted molar refractivity (Wildman–Crippen MR) is 89.0 cm³/mol. The van der Waals surface area contributed by atoms with Crippen molar-refractivity contribution in [3.8, 4) is 0 Å². The first-order chi connectivity index (χ1) is 11.3. The molecule has 0 saturated heterocycles. The van der Waals surface area contributed by atoms with Gasteiger partial charge < -0.3 is 14.6 Å². The summed E-state index contributed by atoms with van der Waals surface area (Å²) >= 11 is 0. The Kier molecular flexibility index (Phi) is 5.18. The number of hydrogen-bond acceptors (Lipinski definition) is 3. The second kappa shape index (κ2) is 7.12. The largest absolute Gasteiger partial charge is 0.480 e. The number of carbonyl (C=O) groups excluding carboxylic acids is 2. The molecule has 1 N–H and O–H groups in total. The summed E-state index contributed by atoms with van der Waals surface area (Å²) in [6.45, 7) is 1.60. The molecule has 0 aliphatic rings. The second-order valence-corrected chi connectivity index (χ2v) is 5.78. The third kappa shape index (κ3) is 3.90. The fraction of sp³-hybridized carbons (Fsp3) is 0.278. The molecule has 6 nitrogen and oxygen atoms in total. The summed E-state index contributed by atoms with van der Waals surface area (Å²) in [5.74, 6) is -1.49. The summed E-state index contributed by atoms with van der Waals surface area (Å²) in [6, 6.07) is 10.7. The molecule has 1 amide bonds. The number of carboxylic acids is 1. The lowest BCUT2D eigenvalue weighted by Gasteiger charge is -2.15. The summed E-state index contributed by atoms with van der Waals surface area (Å²) in [5, 5.41) is 8.73. The number of aromatic nitrogens is 1. The van der Waals surface area contributed by atoms with E-state index in [1.165, 1.54) is 7.05 Å². The number of aryl methyl sites for hydroxylation is 1. The zero-order valence-electron chi connectivity index (χ0n) is 13.9. The molecule has 24 heavy (non-hydrogen) atoms. The van der Waals surface area contributed by atoms with Gasteiger partial charge in [0.2, 0.25) is 11.7 Å². The van der Waals surface area contributed by atoms with E-state index in [1.807, 2.05) is 19.1 Å². The van der Waals surface area contributed by atoms with Crippen molar-refractivity contribution in [2.24, 2.45) is 7.05 Å². The zero-order valence-corrected chi connectivity index (χ0v) is 13.9. The van der Waals surface area contributed by atoms with E-state index in [0.29, 0.717) is 17.0 Å². The van der Waals surface area contributed by atoms with Crippen LogP contribution >= 0.6 is 0 Å². The molecular formula is C18H20N2O4. The van der Waals surface area contributed by atoms with E-state index < -0.39 is 5.97 Å². The Labute approximate surface area is 140 Å². The minimum atomic E-state index is -1.06. The van der Waals surface area contributed by atoms with E-state index in [4.69, 9.17) is 5.11 Å². The van der Waals surface area contributed by atoms with Crippen LogP contribution in [-0.4, -0.2) is 45.8 Å². The highest BCUT2D eigenvalue weighted by molar-refractivity contribution is 6.08. The molecule has 1 aromatic heterocycles. The van der Waals surface area contributed by atoms with Crippen molar-refractivity contribution in [3.63, 3.8) is 0 Å². The molecule has 6 heteroatoms. The first-order valence-corrected chi connectivity index (χ1v) is 7.51. The Morgan fingerprint density at radius 3 is 2.29 bits per heavy atom. The van der Waals surface area contributed by atoms with Crippen LogP contribution in [0.25, 0.3) is 0 Å². The summed E-state index contributed by atoms with van der Waals surface area (Å²) in [6.07, 6.45) is 0.0431. The number of likely N-dealkylation sites (N-methyl/N-ethyl adjacent to an activating group) is 1. The van der Waals surface area contributed by atoms with Crippen molar-refractivity contribution in [3.05, 3.63) is 58.9 Å². The lowest BCUT2D eigenvalue weighted by Crippen LogP contribution is -2.33. The third-order valence-corrected chi connectivity index (χ3v) is 3.90. The van der Waals surface area contributed by atoms with Crippen LogP contribution in [0.2, 0.25) is 0 Å². The van der Waals surface area contributed by atoms with E-state index in [0.717, 1.165) is 10.5 Å². The van der Waals surface area contributed by atoms with E-state index >= 15 is 0 Å². The Hall–Kier alpha value is -2.89. The highest BCUT2D eigenvalue weighted by Crippen LogP contribution is 2.15. The molecule has 0 aliphatic carbocycles. The fourth-order valence-corrected chi connectivity index (χ4v) is 2.39. The summed E-state index contributed by atoms with van der Waals surface area (Å²) in [4.78, 5) is 36.4. The Bertz CT molecular complexity index is 775. The van der Waals surface area contributed by atoms with Crippen LogP contribution in [0.4, 0.5) is 0 Å². The van der Waals surface area contributed by atoms with Gasteiger partial charge in [-0.05, 0) is 19.1 Å². The molecule has 2 rings (SSSR count). The van der Waals surface area contributed by atoms with Gasteiger partial charge >= 0.3 is 5.97 Å². The molecule has 0 saturated carbocycles. The third-order valence-electron chi connectivity index (χ3n) is 3.90. The minimum Gasteiger partial charge on any atom is -0.480 e. The highest BCUT2D eigenvalue weighted by atomic mass is 16.4. The Morgan fingerprint density at radius 1 is 1.08 bits per heavy atom. The standard InChI is InChI=1S/C18H20N2O4/c1-12-4-6-13(7-5-12)18(24)15-9-8-14(20(15)3)10-16(21)19(2)11-17(22)23/h4-9H,10-11H2,1-3H3,(H,22,23). The van der Waals surface area contributed by atoms with Gasteiger partial charge in [0.15, 0.2) is 0 Å². The van der Waals surface area contributed by atoms with E-state index in [9.17, 15) is 14.4 Å². The zero-order chi connectivity index (χ0) is 17.9. The smallest absolute Gasteiger partial charge is 0.323 e. The minimum absolute atomic E-state index is 0.0431. The average Bonchev–Trinajstić information content (AvgIpc) is 2.87. The monoisotopic (exact) mass is 328 g/mol. The summed E-state index contributed by atoms with van der Waals surface area (Å²) in [7, 11) is 3.17. The van der Waals surface area contributed by atoms with Gasteiger partial charge in [0, 0.05) is 25.4 Å². The van der Waals surface area contributed by atoms with E-state index in [-0.39, 0.29) is 24.7 Å². The van der Waals surface area contributed by atoms with E-state index in [2.05, 4.69) is 0 Å². The molecule has 0 bridgehead atoms. The second-order valence-electron chi connectivity index (χ2n) is 5.78. The maximum absolute atomic E-state index is 12.6. The first kappa shape index (κ1) is 17.5. The van der Waals surface area contributed by atoms with Gasteiger partial charge in [0.25, 0.3) is 0 Å². The van der Waals surface area contributed by atoms with Crippen LogP contribution < -0.4 is 0 Å². The van der Waals surface area contributed by atoms with Gasteiger partial charge in [-0.3, -0.25) is 14.4 Å². The molecule has 0 spiro atoms. The lowest BCUT2D eigenvalue weighted by molar-refractivity contribution is -0.143. The molecule has 1 heterocycles. The normalized spacial score (nSPS) is 10.5. The van der Waals surface area contributed by atoms with Gasteiger partial charge in [-0.25, -0.2) is 0 Å². The molecule has 0 radical (unpaired) electrons. The van der Waals surface area contributed by atoms with Crippen LogP contribution in [0.5, 0.6) is 0 Å². The molecule has 0 unspecified atom stereocenters. The fourth-order valence-electron chi connectivity index (χ4n) is 2.39. The highest BCUT2D eigenvalue weighted by Gasteiger charge is 2.18. The van der Waals surface area contributed by atoms with Crippen LogP contribution in [0.3, 0.4) is 0 Å². The van der Waals surface area contributed by atoms with Crippen LogP contribution in [0, 0.1) is 6.92 Å². The van der Waals surface area contributed by atoms with Crippen molar-refractivity contribution >= 4 is 17.7 Å². The van der Waals surface area contributed by atoms with Gasteiger partial charge in [-0.1, -0.05) is 29.8 Å². The van der Waals surface area contributed by atoms with Crippen molar-refractivity contribution in [1.29, 1.82) is 0 Å². The molecule has 126 valence electrons. The topological polar surface area (TPSA) is 79.6 Å². The van der Waals surface area contributed by atoms with Gasteiger partial charge in [0.1, 0.15) is 6.54 Å². The van der Waals surface area contributed by atoms with Crippen LogP contribution in [0.15, 0.2) is 36.4 Å². The maximum atomic E-state index is 12.6. The number of rotatable bonds is 6. The van der Waals surface area contributed by atoms with Crippen molar-refractivity contribution in [1.82, 2.24) is 9.47 Å². The number of nitrogens with zero attached hydrogens (tertiary/aromatic N) is 2. The summed E-state index contributed by atoms with van der Waals surface area (Å²) in [5.41, 5.74) is 2.81. The predicted octanol–water partition coefficient (Wildman–Crippen LogP) is 1.65. The average molecular weight is 328 g/mol. The number of aliphatic carboxylic acids is 1. The molecule has 0 aliphatic heterocycles. The number of carbonyl (C=O) groups is 3. The molecular weight excluding hydrogens is 308 g/mol. The van der Waals surface area contributed by atoms with Crippen molar-refractivity contribution < 1.29 is 19.5 Å². The molecule has 0 atom stereocenters. The molecule has 0 fully saturated rings. The van der Waals surface area contributed by atoms with Crippen molar-refractivity contribution in [2.45, 2.75) is 13.3 Å². The molecule has 2 aromatic rings. The van der Waals surface area contributed by atoms with Gasteiger partial charge in [0.05, 0.1) is 12.1 Å². The maximum Gasteiger partial charge on any atom is 0.323 e. The first-order valence-electron chi connectivity index (χ1n) is 7.51. The SMILES string of the molecule is Cc1ccc(C(=O)c2ccc(CC(=O)N(C)CC(=O)O)n2C)cc1. The van der Waals surface area contributed by atoms with Gasteiger partial charge in [-0.2, -0.15) is 0 Å². The lowest BCUT2D eigenvalue weighted by atomic mass is 10.1. The number of carboxylic acid groups (broad SMARTS) is 1. The number of amides is 1. The Morgan fingerprint density at radius 2 is 1.71 bits per heavy atom. The molecule has 1 aromatic carbocycles. The van der Waals surface area contributed by atoms with E-state index in [1.54, 1.807) is 35.9 Å². The van der Waals surface area contributed by atoms with Gasteiger partial charge in [-0.15, -0.1) is 0 Å².